The number of Topliss-reactive ketones (excluding diaryl/α,β-unsaturated/α-hetero) is 1. The Morgan fingerprint density at radius 1 is 0.952 bits per heavy atom. The molecule has 0 unspecified atom stereocenters. The summed E-state index contributed by atoms with van der Waals surface area (Å²) in [5.74, 6) is -3.69. The van der Waals surface area contributed by atoms with Gasteiger partial charge in [-0.1, -0.05) is 56.3 Å². The van der Waals surface area contributed by atoms with Gasteiger partial charge in [-0.25, -0.2) is 4.98 Å². The zero-order valence-electron chi connectivity index (χ0n) is 23.8. The lowest BCUT2D eigenvalue weighted by Gasteiger charge is -2.28. The maximum absolute atomic E-state index is 13.6. The maximum Gasteiger partial charge on any atom is 0.289 e. The molecule has 11 nitrogen and oxygen atoms in total. The van der Waals surface area contributed by atoms with Crippen LogP contribution in [-0.4, -0.2) is 58.0 Å². The van der Waals surface area contributed by atoms with Gasteiger partial charge in [0.1, 0.15) is 11.7 Å². The van der Waals surface area contributed by atoms with Gasteiger partial charge in [-0.3, -0.25) is 29.0 Å². The fourth-order valence-corrected chi connectivity index (χ4v) is 4.87. The first-order chi connectivity index (χ1) is 20.2. The Morgan fingerprint density at radius 2 is 1.67 bits per heavy atom. The van der Waals surface area contributed by atoms with Crippen molar-refractivity contribution in [2.24, 2.45) is 11.8 Å². The summed E-state index contributed by atoms with van der Waals surface area (Å²) in [6, 6.07) is 13.9. The number of fused-ring (bicyclic) bond motifs is 1. The van der Waals surface area contributed by atoms with Gasteiger partial charge in [0, 0.05) is 19.0 Å². The molecule has 0 radical (unpaired) electrons. The zero-order chi connectivity index (χ0) is 30.1. The molecular weight excluding hydrogens is 536 g/mol. The lowest BCUT2D eigenvalue weighted by molar-refractivity contribution is -0.141. The van der Waals surface area contributed by atoms with Crippen molar-refractivity contribution in [3.05, 3.63) is 72.1 Å². The van der Waals surface area contributed by atoms with Crippen LogP contribution in [0.1, 0.15) is 55.6 Å². The fourth-order valence-electron chi connectivity index (χ4n) is 4.87. The van der Waals surface area contributed by atoms with Crippen molar-refractivity contribution in [2.45, 2.75) is 58.2 Å². The molecule has 0 spiro atoms. The first-order valence-electron chi connectivity index (χ1n) is 14.2. The van der Waals surface area contributed by atoms with E-state index in [1.807, 2.05) is 50.2 Å². The Kier molecular flexibility index (Phi) is 10.3. The average Bonchev–Trinajstić information content (AvgIpc) is 2.99. The van der Waals surface area contributed by atoms with Crippen LogP contribution in [0.25, 0.3) is 11.0 Å². The molecule has 1 aliphatic heterocycles. The first-order valence-corrected chi connectivity index (χ1v) is 14.2. The topological polar surface area (TPSA) is 159 Å². The molecule has 2 heterocycles. The van der Waals surface area contributed by atoms with Crippen molar-refractivity contribution >= 4 is 40.4 Å². The lowest BCUT2D eigenvalue weighted by atomic mass is 9.89. The van der Waals surface area contributed by atoms with E-state index in [-0.39, 0.29) is 36.9 Å². The number of rotatable bonds is 12. The number of ketones is 1. The van der Waals surface area contributed by atoms with Crippen molar-refractivity contribution in [2.75, 3.05) is 6.54 Å². The highest BCUT2D eigenvalue weighted by Crippen LogP contribution is 2.19. The molecule has 4 rings (SSSR count). The average molecular weight is 573 g/mol. The molecule has 4 amide bonds. The Labute approximate surface area is 244 Å². The van der Waals surface area contributed by atoms with Gasteiger partial charge < -0.3 is 21.3 Å². The summed E-state index contributed by atoms with van der Waals surface area (Å²) in [7, 11) is 0. The predicted molar refractivity (Wildman–Crippen MR) is 156 cm³/mol. The van der Waals surface area contributed by atoms with E-state index in [9.17, 15) is 24.0 Å². The Hall–Kier alpha value is -4.67. The van der Waals surface area contributed by atoms with Crippen LogP contribution in [0.3, 0.4) is 0 Å². The zero-order valence-corrected chi connectivity index (χ0v) is 23.8. The lowest BCUT2D eigenvalue weighted by Crippen LogP contribution is -2.55. The minimum atomic E-state index is -1.26. The molecule has 11 heteroatoms. The van der Waals surface area contributed by atoms with Gasteiger partial charge in [-0.2, -0.15) is 0 Å². The number of piperidine rings is 1. The van der Waals surface area contributed by atoms with Crippen LogP contribution in [0.4, 0.5) is 0 Å². The third-order valence-electron chi connectivity index (χ3n) is 7.08. The van der Waals surface area contributed by atoms with E-state index in [2.05, 4.69) is 31.2 Å². The summed E-state index contributed by atoms with van der Waals surface area (Å²) in [6.07, 6.45) is 2.83. The summed E-state index contributed by atoms with van der Waals surface area (Å²) < 4.78 is 0. The molecule has 2 aromatic carbocycles. The van der Waals surface area contributed by atoms with Gasteiger partial charge in [0.25, 0.3) is 11.8 Å². The van der Waals surface area contributed by atoms with Crippen molar-refractivity contribution in [3.63, 3.8) is 0 Å². The van der Waals surface area contributed by atoms with Crippen molar-refractivity contribution in [1.82, 2.24) is 31.2 Å². The Balaban J connectivity index is 1.50. The van der Waals surface area contributed by atoms with Crippen molar-refractivity contribution in [3.8, 4) is 0 Å². The number of para-hydroxylation sites is 2. The number of aromatic nitrogens is 2. The van der Waals surface area contributed by atoms with Crippen LogP contribution >= 0.6 is 0 Å². The van der Waals surface area contributed by atoms with E-state index in [0.29, 0.717) is 24.0 Å². The molecule has 0 bridgehead atoms. The summed E-state index contributed by atoms with van der Waals surface area (Å²) in [6.45, 7) is 4.47. The minimum absolute atomic E-state index is 0.0104. The number of hydrogen-bond donors (Lipinski definition) is 4. The molecule has 1 saturated heterocycles. The number of carbonyl (C=O) groups is 5. The van der Waals surface area contributed by atoms with Crippen molar-refractivity contribution < 1.29 is 24.0 Å². The van der Waals surface area contributed by atoms with Gasteiger partial charge in [0.2, 0.25) is 17.6 Å². The van der Waals surface area contributed by atoms with Gasteiger partial charge in [0.05, 0.1) is 23.3 Å². The van der Waals surface area contributed by atoms with Crippen molar-refractivity contribution in [1.29, 1.82) is 0 Å². The number of nitrogens with one attached hydrogen (secondary N) is 4. The largest absolute Gasteiger partial charge is 0.356 e. The van der Waals surface area contributed by atoms with E-state index in [1.165, 1.54) is 6.20 Å². The fraction of sp³-hybridized carbons (Fsp3) is 0.387. The summed E-state index contributed by atoms with van der Waals surface area (Å²) in [5.41, 5.74) is 2.02. The standard InChI is InChI=1S/C31H36N6O5/c1-19(2)15-25(37-30(41)26-18-33-22-12-6-7-13-23(22)35-26)29(40)36-24(16-21-11-8-14-32-28(21)39)27(38)31(42)34-17-20-9-4-3-5-10-20/h3-7,9-10,12-13,18-19,21,24-25H,8,11,14-17H2,1-2H3,(H,32,39)(H,34,42)(H,36,40)(H,37,41)/t21-,24-,25-/m0/s1. The van der Waals surface area contributed by atoms with E-state index in [4.69, 9.17) is 0 Å². The van der Waals surface area contributed by atoms with E-state index < -0.39 is 41.5 Å². The monoisotopic (exact) mass is 572 g/mol. The van der Waals surface area contributed by atoms with Crippen LogP contribution in [0, 0.1) is 11.8 Å². The van der Waals surface area contributed by atoms with Gasteiger partial charge in [-0.05, 0) is 49.3 Å². The number of carbonyl (C=O) groups excluding carboxylic acids is 5. The highest BCUT2D eigenvalue weighted by molar-refractivity contribution is 6.38. The van der Waals surface area contributed by atoms with Gasteiger partial charge in [0.15, 0.2) is 0 Å². The molecule has 1 aliphatic rings. The van der Waals surface area contributed by atoms with E-state index in [0.717, 1.165) is 12.0 Å². The van der Waals surface area contributed by atoms with E-state index >= 15 is 0 Å². The number of amides is 4. The van der Waals surface area contributed by atoms with Crippen LogP contribution in [0.2, 0.25) is 0 Å². The normalized spacial score (nSPS) is 16.3. The highest BCUT2D eigenvalue weighted by Gasteiger charge is 2.35. The quantitative estimate of drug-likeness (QED) is 0.242. The molecule has 42 heavy (non-hydrogen) atoms. The first kappa shape index (κ1) is 30.3. The molecule has 0 saturated carbocycles. The third kappa shape index (κ3) is 8.18. The molecule has 0 aliphatic carbocycles. The Bertz CT molecular complexity index is 1440. The Morgan fingerprint density at radius 3 is 2.38 bits per heavy atom. The smallest absolute Gasteiger partial charge is 0.289 e. The highest BCUT2D eigenvalue weighted by atomic mass is 16.2. The summed E-state index contributed by atoms with van der Waals surface area (Å²) in [4.78, 5) is 74.0. The second-order valence-corrected chi connectivity index (χ2v) is 10.9. The number of benzene rings is 2. The predicted octanol–water partition coefficient (Wildman–Crippen LogP) is 2.06. The van der Waals surface area contributed by atoms with Gasteiger partial charge >= 0.3 is 0 Å². The molecule has 4 N–H and O–H groups in total. The second kappa shape index (κ2) is 14.3. The third-order valence-corrected chi connectivity index (χ3v) is 7.08. The minimum Gasteiger partial charge on any atom is -0.356 e. The van der Waals surface area contributed by atoms with Crippen LogP contribution in [0.5, 0.6) is 0 Å². The van der Waals surface area contributed by atoms with Gasteiger partial charge in [-0.15, -0.1) is 0 Å². The number of nitrogens with zero attached hydrogens (tertiary/aromatic N) is 2. The van der Waals surface area contributed by atoms with E-state index in [1.54, 1.807) is 18.2 Å². The summed E-state index contributed by atoms with van der Waals surface area (Å²) in [5, 5.41) is 10.8. The molecule has 1 fully saturated rings. The molecular formula is C31H36N6O5. The number of hydrogen-bond acceptors (Lipinski definition) is 7. The van der Waals surface area contributed by atoms with Crippen LogP contribution in [0.15, 0.2) is 60.8 Å². The second-order valence-electron chi connectivity index (χ2n) is 10.9. The summed E-state index contributed by atoms with van der Waals surface area (Å²) >= 11 is 0. The molecule has 3 atom stereocenters. The van der Waals surface area contributed by atoms with Crippen LogP contribution in [-0.2, 0) is 25.7 Å². The molecule has 1 aromatic heterocycles. The van der Waals surface area contributed by atoms with Crippen LogP contribution < -0.4 is 21.3 Å². The maximum atomic E-state index is 13.6. The SMILES string of the molecule is CC(C)C[C@H](NC(=O)c1cnc2ccccc2n1)C(=O)N[C@@H](C[C@@H]1CCCNC1=O)C(=O)C(=O)NCc1ccccc1. The molecule has 3 aromatic rings. The molecule has 220 valence electrons.